The SMILES string of the molecule is CCOC(=O)c1cc(C#N)c(SCC(=O)Nc2ccc(OCC)cc2)nc1C. The van der Waals surface area contributed by atoms with E-state index in [-0.39, 0.29) is 29.4 Å². The van der Waals surface area contributed by atoms with E-state index in [9.17, 15) is 14.9 Å². The van der Waals surface area contributed by atoms with Crippen LogP contribution in [0.25, 0.3) is 0 Å². The Kier molecular flexibility index (Phi) is 7.84. The average molecular weight is 399 g/mol. The number of carbonyl (C=O) groups is 2. The van der Waals surface area contributed by atoms with Crippen LogP contribution in [-0.2, 0) is 9.53 Å². The van der Waals surface area contributed by atoms with Gasteiger partial charge in [0.15, 0.2) is 0 Å². The highest BCUT2D eigenvalue weighted by atomic mass is 32.2. The number of hydrogen-bond acceptors (Lipinski definition) is 7. The first-order chi connectivity index (χ1) is 13.5. The number of anilines is 1. The van der Waals surface area contributed by atoms with Crippen molar-refractivity contribution < 1.29 is 19.1 Å². The number of esters is 1. The molecule has 1 heterocycles. The molecular weight excluding hydrogens is 378 g/mol. The third-order valence-electron chi connectivity index (χ3n) is 3.58. The quantitative estimate of drug-likeness (QED) is 0.535. The highest BCUT2D eigenvalue weighted by molar-refractivity contribution is 8.00. The molecule has 0 saturated carbocycles. The molecule has 8 heteroatoms. The lowest BCUT2D eigenvalue weighted by atomic mass is 10.1. The van der Waals surface area contributed by atoms with Crippen molar-refractivity contribution >= 4 is 29.3 Å². The molecule has 0 atom stereocenters. The summed E-state index contributed by atoms with van der Waals surface area (Å²) in [6.07, 6.45) is 0. The predicted octanol–water partition coefficient (Wildman–Crippen LogP) is 3.57. The van der Waals surface area contributed by atoms with E-state index in [0.717, 1.165) is 17.5 Å². The normalized spacial score (nSPS) is 10.1. The second-order valence-corrected chi connectivity index (χ2v) is 6.56. The Morgan fingerprint density at radius 2 is 1.93 bits per heavy atom. The number of aryl methyl sites for hydroxylation is 1. The van der Waals surface area contributed by atoms with Gasteiger partial charge in [0.1, 0.15) is 16.8 Å². The van der Waals surface area contributed by atoms with Crippen molar-refractivity contribution in [3.05, 3.63) is 47.2 Å². The molecule has 146 valence electrons. The fraction of sp³-hybridized carbons (Fsp3) is 0.300. The van der Waals surface area contributed by atoms with Gasteiger partial charge in [-0.2, -0.15) is 5.26 Å². The summed E-state index contributed by atoms with van der Waals surface area (Å²) in [5.41, 5.74) is 1.58. The van der Waals surface area contributed by atoms with Crippen LogP contribution in [0, 0.1) is 18.3 Å². The van der Waals surface area contributed by atoms with Crippen molar-refractivity contribution in [2.75, 3.05) is 24.3 Å². The molecule has 0 spiro atoms. The van der Waals surface area contributed by atoms with Gasteiger partial charge in [-0.3, -0.25) is 4.79 Å². The predicted molar refractivity (Wildman–Crippen MR) is 107 cm³/mol. The number of carbonyl (C=O) groups excluding carboxylic acids is 2. The van der Waals surface area contributed by atoms with Gasteiger partial charge in [0, 0.05) is 5.69 Å². The van der Waals surface area contributed by atoms with Crippen LogP contribution >= 0.6 is 11.8 Å². The molecule has 2 aromatic rings. The maximum Gasteiger partial charge on any atom is 0.340 e. The van der Waals surface area contributed by atoms with Crippen molar-refractivity contribution in [1.29, 1.82) is 5.26 Å². The highest BCUT2D eigenvalue weighted by Gasteiger charge is 2.17. The molecule has 1 N–H and O–H groups in total. The second-order valence-electron chi connectivity index (χ2n) is 5.60. The van der Waals surface area contributed by atoms with Crippen molar-refractivity contribution in [2.24, 2.45) is 0 Å². The maximum atomic E-state index is 12.2. The zero-order valence-electron chi connectivity index (χ0n) is 15.9. The highest BCUT2D eigenvalue weighted by Crippen LogP contribution is 2.24. The van der Waals surface area contributed by atoms with Gasteiger partial charge in [0.05, 0.1) is 35.8 Å². The third-order valence-corrected chi connectivity index (χ3v) is 4.57. The number of benzene rings is 1. The number of hydrogen-bond donors (Lipinski definition) is 1. The van der Waals surface area contributed by atoms with E-state index in [2.05, 4.69) is 10.3 Å². The Hall–Kier alpha value is -3.05. The van der Waals surface area contributed by atoms with Gasteiger partial charge < -0.3 is 14.8 Å². The number of ether oxygens (including phenoxy) is 2. The van der Waals surface area contributed by atoms with Crippen LogP contribution in [0.2, 0.25) is 0 Å². The molecule has 0 unspecified atom stereocenters. The molecule has 7 nitrogen and oxygen atoms in total. The number of rotatable bonds is 8. The summed E-state index contributed by atoms with van der Waals surface area (Å²) in [5, 5.41) is 12.5. The van der Waals surface area contributed by atoms with Crippen LogP contribution in [-0.4, -0.2) is 35.8 Å². The number of nitrogens with one attached hydrogen (secondary N) is 1. The molecule has 0 aliphatic heterocycles. The smallest absolute Gasteiger partial charge is 0.340 e. The van der Waals surface area contributed by atoms with Gasteiger partial charge in [-0.15, -0.1) is 0 Å². The summed E-state index contributed by atoms with van der Waals surface area (Å²) in [4.78, 5) is 28.4. The molecule has 2 rings (SSSR count). The van der Waals surface area contributed by atoms with Gasteiger partial charge in [-0.1, -0.05) is 11.8 Å². The number of amides is 1. The number of nitrogens with zero attached hydrogens (tertiary/aromatic N) is 2. The topological polar surface area (TPSA) is 101 Å². The van der Waals surface area contributed by atoms with E-state index >= 15 is 0 Å². The zero-order valence-corrected chi connectivity index (χ0v) is 16.8. The van der Waals surface area contributed by atoms with E-state index in [1.54, 1.807) is 38.1 Å². The summed E-state index contributed by atoms with van der Waals surface area (Å²) >= 11 is 1.14. The first-order valence-electron chi connectivity index (χ1n) is 8.72. The van der Waals surface area contributed by atoms with Gasteiger partial charge in [0.25, 0.3) is 0 Å². The molecule has 0 radical (unpaired) electrons. The van der Waals surface area contributed by atoms with E-state index in [1.165, 1.54) is 6.07 Å². The monoisotopic (exact) mass is 399 g/mol. The first-order valence-corrected chi connectivity index (χ1v) is 9.71. The Morgan fingerprint density at radius 1 is 1.21 bits per heavy atom. The number of nitriles is 1. The molecule has 1 aromatic heterocycles. The van der Waals surface area contributed by atoms with E-state index in [1.807, 2.05) is 13.0 Å². The van der Waals surface area contributed by atoms with Crippen LogP contribution in [0.15, 0.2) is 35.4 Å². The Bertz CT molecular complexity index is 892. The summed E-state index contributed by atoms with van der Waals surface area (Å²) in [6, 6.07) is 10.5. The third kappa shape index (κ3) is 5.72. The molecule has 1 amide bonds. The lowest BCUT2D eigenvalue weighted by Gasteiger charge is -2.10. The van der Waals surface area contributed by atoms with Crippen molar-refractivity contribution in [2.45, 2.75) is 25.8 Å². The van der Waals surface area contributed by atoms with Crippen LogP contribution in [0.4, 0.5) is 5.69 Å². The lowest BCUT2D eigenvalue weighted by Crippen LogP contribution is -2.14. The first kappa shape index (κ1) is 21.3. The van der Waals surface area contributed by atoms with Crippen LogP contribution < -0.4 is 10.1 Å². The van der Waals surface area contributed by atoms with Crippen LogP contribution in [0.3, 0.4) is 0 Å². The van der Waals surface area contributed by atoms with E-state index in [0.29, 0.717) is 23.0 Å². The molecule has 0 fully saturated rings. The number of pyridine rings is 1. The molecule has 0 aliphatic rings. The fourth-order valence-corrected chi connectivity index (χ4v) is 3.12. The summed E-state index contributed by atoms with van der Waals surface area (Å²) in [6.45, 7) is 6.08. The summed E-state index contributed by atoms with van der Waals surface area (Å²) in [5.74, 6) is 0.0586. The Labute approximate surface area is 168 Å². The molecule has 0 bridgehead atoms. The number of thioether (sulfide) groups is 1. The van der Waals surface area contributed by atoms with Gasteiger partial charge >= 0.3 is 5.97 Å². The molecule has 28 heavy (non-hydrogen) atoms. The standard InChI is InChI=1S/C20H21N3O4S/c1-4-26-16-8-6-15(7-9-16)23-18(24)12-28-19-14(11-21)10-17(13(3)22-19)20(25)27-5-2/h6-10H,4-5,12H2,1-3H3,(H,23,24). The van der Waals surface area contributed by atoms with E-state index < -0.39 is 5.97 Å². The van der Waals surface area contributed by atoms with Gasteiger partial charge in [0.2, 0.25) is 5.91 Å². The minimum Gasteiger partial charge on any atom is -0.494 e. The zero-order chi connectivity index (χ0) is 20.5. The lowest BCUT2D eigenvalue weighted by molar-refractivity contribution is -0.113. The van der Waals surface area contributed by atoms with Crippen LogP contribution in [0.5, 0.6) is 5.75 Å². The van der Waals surface area contributed by atoms with Crippen molar-refractivity contribution in [3.63, 3.8) is 0 Å². The maximum absolute atomic E-state index is 12.2. The summed E-state index contributed by atoms with van der Waals surface area (Å²) < 4.78 is 10.3. The minimum atomic E-state index is -0.520. The minimum absolute atomic E-state index is 0.0765. The fourth-order valence-electron chi connectivity index (χ4n) is 2.32. The van der Waals surface area contributed by atoms with Crippen LogP contribution in [0.1, 0.15) is 35.5 Å². The molecule has 0 aliphatic carbocycles. The Morgan fingerprint density at radius 3 is 2.54 bits per heavy atom. The van der Waals surface area contributed by atoms with Crippen molar-refractivity contribution in [1.82, 2.24) is 4.98 Å². The average Bonchev–Trinajstić information content (AvgIpc) is 2.68. The van der Waals surface area contributed by atoms with Gasteiger partial charge in [-0.25, -0.2) is 9.78 Å². The molecular formula is C20H21N3O4S. The van der Waals surface area contributed by atoms with Crippen molar-refractivity contribution in [3.8, 4) is 11.8 Å². The molecule has 1 aromatic carbocycles. The van der Waals surface area contributed by atoms with Gasteiger partial charge in [-0.05, 0) is 51.1 Å². The van der Waals surface area contributed by atoms with E-state index in [4.69, 9.17) is 9.47 Å². The largest absolute Gasteiger partial charge is 0.494 e. The second kappa shape index (κ2) is 10.3. The molecule has 0 saturated heterocycles. The summed E-state index contributed by atoms with van der Waals surface area (Å²) in [7, 11) is 0. The Balaban J connectivity index is 2.03. The number of aromatic nitrogens is 1.